The number of ether oxygens (including phenoxy) is 7. The SMILES string of the molecule is CC(C)[C@H](NC(=O)[C@@H](CCCCNC(=O)COC1CCCC(N(CCCCC(=O)Nc2ccc(COC(=O)Nc3ccc4c(c3)[C@@]3(C)CCC[C@](C)(C(=O)NC(=O)[C@@]5(C)CCC[C@]6(C)c7cc(O)ccc7CC[C@@H]56)C3CC4)cc2)C(N)=O)C/C(N[C@@H]2O[C@H](CO)[C@H](O)C[C@H]2O)=C\1N)NC(=O)CCOCCOCCOCCOCCNC(=O)CCC(=O)N1Cc2ccccc2C#Cc2ccccc21)C(N)=O. The summed E-state index contributed by atoms with van der Waals surface area (Å²) in [7, 11) is 0. The average Bonchev–Trinajstić information content (AvgIpc) is 0.717. The van der Waals surface area contributed by atoms with Gasteiger partial charge in [-0.3, -0.25) is 53.8 Å². The fourth-order valence-electron chi connectivity index (χ4n) is 21.6. The molecule has 760 valence electrons. The van der Waals surface area contributed by atoms with Gasteiger partial charge < -0.3 is 112 Å². The summed E-state index contributed by atoms with van der Waals surface area (Å²) in [6.45, 7) is 13.5. The number of rotatable bonds is 46. The molecule has 7 aliphatic rings. The number of hydrogen-bond donors (Lipinski definition) is 15. The van der Waals surface area contributed by atoms with Gasteiger partial charge in [0.2, 0.25) is 53.2 Å². The Kier molecular flexibility index (Phi) is 38.8. The van der Waals surface area contributed by atoms with Crippen molar-refractivity contribution in [1.29, 1.82) is 0 Å². The zero-order valence-corrected chi connectivity index (χ0v) is 81.6. The highest BCUT2D eigenvalue weighted by Crippen LogP contribution is 2.60. The normalized spacial score (nSPS) is 24.4. The number of imide groups is 1. The van der Waals surface area contributed by atoms with Crippen LogP contribution < -0.4 is 64.6 Å². The lowest BCUT2D eigenvalue weighted by molar-refractivity contribution is -0.186. The second kappa shape index (κ2) is 50.7. The number of hydrogen-bond acceptors (Lipinski definition) is 24. The molecule has 12 amide bonds. The Morgan fingerprint density at radius 1 is 0.600 bits per heavy atom. The number of phenolic OH excluding ortho intramolecular Hbond substituents is 1. The van der Waals surface area contributed by atoms with Crippen molar-refractivity contribution in [3.8, 4) is 17.6 Å². The van der Waals surface area contributed by atoms with E-state index in [9.17, 15) is 73.2 Å². The molecule has 5 aromatic carbocycles. The van der Waals surface area contributed by atoms with E-state index in [0.717, 1.165) is 84.7 Å². The summed E-state index contributed by atoms with van der Waals surface area (Å²) < 4.78 is 40.2. The minimum absolute atomic E-state index is 0.00359. The van der Waals surface area contributed by atoms with Crippen LogP contribution in [0.2, 0.25) is 0 Å². The fraction of sp³-hybridized carbons (Fsp3) is 0.571. The minimum Gasteiger partial charge on any atom is -0.508 e. The smallest absolute Gasteiger partial charge is 0.411 e. The Morgan fingerprint density at radius 2 is 1.22 bits per heavy atom. The van der Waals surface area contributed by atoms with Gasteiger partial charge in [-0.05, 0) is 219 Å². The maximum atomic E-state index is 14.8. The van der Waals surface area contributed by atoms with E-state index in [1.54, 1.807) is 49.1 Å². The van der Waals surface area contributed by atoms with Crippen molar-refractivity contribution < 1.29 is 106 Å². The Morgan fingerprint density at radius 3 is 1.89 bits per heavy atom. The lowest BCUT2D eigenvalue weighted by Gasteiger charge is -2.56. The number of carbonyl (C=O) groups excluding carboxylic acids is 11. The highest BCUT2D eigenvalue weighted by Gasteiger charge is 2.59. The molecule has 3 fully saturated rings. The van der Waals surface area contributed by atoms with Gasteiger partial charge in [0.25, 0.3) is 0 Å². The molecule has 35 heteroatoms. The summed E-state index contributed by atoms with van der Waals surface area (Å²) in [6.07, 6.45) is 4.19. The molecule has 5 aliphatic carbocycles. The van der Waals surface area contributed by atoms with Gasteiger partial charge in [0.1, 0.15) is 43.3 Å². The second-order valence-electron chi connectivity index (χ2n) is 39.4. The number of primary amides is 2. The van der Waals surface area contributed by atoms with Gasteiger partial charge in [0, 0.05) is 92.4 Å². The monoisotopic (exact) mass is 1940 g/mol. The molecular formula is C105H143N13O22. The zero-order chi connectivity index (χ0) is 100. The van der Waals surface area contributed by atoms with Gasteiger partial charge in [-0.25, -0.2) is 9.59 Å². The number of nitrogens with zero attached hydrogens (tertiary/aromatic N) is 2. The molecule has 0 spiro atoms. The van der Waals surface area contributed by atoms with Gasteiger partial charge in [0.05, 0.1) is 100 Å². The van der Waals surface area contributed by atoms with E-state index in [4.69, 9.17) is 50.4 Å². The van der Waals surface area contributed by atoms with Crippen LogP contribution in [-0.2, 0) is 113 Å². The van der Waals surface area contributed by atoms with E-state index in [0.29, 0.717) is 86.2 Å². The summed E-state index contributed by atoms with van der Waals surface area (Å²) in [5, 5.41) is 65.4. The topological polar surface area (TPSA) is 514 Å². The Balaban J connectivity index is 0.533. The molecule has 18 N–H and O–H groups in total. The predicted octanol–water partition coefficient (Wildman–Crippen LogP) is 8.61. The second-order valence-corrected chi connectivity index (χ2v) is 39.4. The van der Waals surface area contributed by atoms with Gasteiger partial charge in [0.15, 0.2) is 6.23 Å². The number of aliphatic hydroxyl groups is 3. The number of phenols is 1. The van der Waals surface area contributed by atoms with Crippen LogP contribution >= 0.6 is 0 Å². The Hall–Kier alpha value is -11.6. The molecule has 35 nitrogen and oxygen atoms in total. The van der Waals surface area contributed by atoms with Crippen molar-refractivity contribution in [1.82, 2.24) is 36.8 Å². The van der Waals surface area contributed by atoms with Crippen LogP contribution in [0.1, 0.15) is 227 Å². The highest BCUT2D eigenvalue weighted by molar-refractivity contribution is 6.01. The Bertz CT molecular complexity index is 5260. The minimum atomic E-state index is -1.27. The number of benzene rings is 5. The number of aromatic hydroxyl groups is 1. The molecule has 5 aromatic rings. The summed E-state index contributed by atoms with van der Waals surface area (Å²) in [6, 6.07) is 30.2. The molecule has 0 bridgehead atoms. The highest BCUT2D eigenvalue weighted by atomic mass is 16.6. The maximum absolute atomic E-state index is 14.8. The third-order valence-electron chi connectivity index (χ3n) is 29.3. The van der Waals surface area contributed by atoms with E-state index in [1.165, 1.54) is 10.5 Å². The van der Waals surface area contributed by atoms with Crippen molar-refractivity contribution in [2.45, 2.75) is 268 Å². The van der Waals surface area contributed by atoms with Crippen LogP contribution in [0.15, 0.2) is 121 Å². The van der Waals surface area contributed by atoms with Crippen LogP contribution in [-0.4, -0.2) is 225 Å². The van der Waals surface area contributed by atoms with E-state index in [2.05, 4.69) is 68.2 Å². The van der Waals surface area contributed by atoms with E-state index in [1.807, 2.05) is 92.7 Å². The van der Waals surface area contributed by atoms with Gasteiger partial charge in [-0.1, -0.05) is 121 Å². The summed E-state index contributed by atoms with van der Waals surface area (Å²) >= 11 is 0. The fourth-order valence-corrected chi connectivity index (χ4v) is 21.6. The van der Waals surface area contributed by atoms with Crippen LogP contribution in [0.3, 0.4) is 0 Å². The standard InChI is InChI=1S/C105H143N13O22/c1-66(2)94(95(107)128)115-96(129)79(113-90(125)42-50-134-52-54-136-56-57-137-55-53-135-51-48-110-88(123)40-41-92(127)118-62-72-20-8-7-18-68(72)28-29-71-19-9-10-23-81(71)118)22-11-13-47-109-91(126)65-138-84-24-15-21-75(59-80(93(84)106)114-97-83(122)61-82(121)85(63-119)140-97)117(100(108)132)49-14-12-25-89(124)111-73-34-26-67(27-35-73)64-139-101(133)112-74-36-30-69-32-38-86-102(3,77(69)58-74)43-16-45-104(86,5)98(130)116-99(131)105(6)46-17-44-103(4)78-60-76(120)37-31-70(78)33-39-87(103)105/h7-10,18-20,23,26-27,30-31,34-37,58,60,66,75,79,82-87,94,97,114,119-122H,11-17,21-22,24-25,32-33,38-57,59,61-65,106H2,1-6H3,(H2,107,128)(H2,108,132)(H,109,126)(H,110,123)(H,111,124)(H,112,133)(H,113,125)(H,115,129)(H,116,130,131)/b93-80-/t75?,79-,82-,83-,84?,85-,86?,87-,94+,97-,102-,103-,104+,105+/m1/s1. The van der Waals surface area contributed by atoms with E-state index >= 15 is 0 Å². The molecule has 1 saturated heterocycles. The lowest BCUT2D eigenvalue weighted by atomic mass is 9.49. The third kappa shape index (κ3) is 28.2. The first-order valence-corrected chi connectivity index (χ1v) is 49.6. The van der Waals surface area contributed by atoms with Crippen LogP contribution in [0, 0.1) is 40.4 Å². The molecule has 12 rings (SSSR count). The molecule has 3 unspecified atom stereocenters. The number of aliphatic hydroxyl groups excluding tert-OH is 3. The van der Waals surface area contributed by atoms with E-state index in [-0.39, 0.29) is 195 Å². The molecule has 2 heterocycles. The number of para-hydroxylation sites is 1. The van der Waals surface area contributed by atoms with Crippen molar-refractivity contribution in [2.75, 3.05) is 101 Å². The number of aryl methyl sites for hydroxylation is 2. The maximum Gasteiger partial charge on any atom is 0.411 e. The summed E-state index contributed by atoms with van der Waals surface area (Å²) in [4.78, 5) is 152. The Labute approximate surface area is 819 Å². The van der Waals surface area contributed by atoms with Crippen LogP contribution in [0.5, 0.6) is 5.75 Å². The molecule has 2 saturated carbocycles. The van der Waals surface area contributed by atoms with E-state index < -0.39 is 114 Å². The van der Waals surface area contributed by atoms with Gasteiger partial charge in [-0.2, -0.15) is 0 Å². The number of amides is 12. The largest absolute Gasteiger partial charge is 0.508 e. The number of nitrogens with two attached hydrogens (primary N) is 3. The zero-order valence-electron chi connectivity index (χ0n) is 81.6. The number of nitrogens with one attached hydrogen (secondary N) is 8. The van der Waals surface area contributed by atoms with Gasteiger partial charge >= 0.3 is 12.1 Å². The number of unbranched alkanes of at least 4 members (excludes halogenated alkanes) is 2. The first kappa shape index (κ1) is 107. The quantitative estimate of drug-likeness (QED) is 0.00984. The first-order chi connectivity index (χ1) is 67.2. The van der Waals surface area contributed by atoms with Gasteiger partial charge in [-0.15, -0.1) is 0 Å². The third-order valence-corrected chi connectivity index (χ3v) is 29.3. The molecule has 2 aliphatic heterocycles. The summed E-state index contributed by atoms with van der Waals surface area (Å²) in [5.41, 5.74) is 26.3. The van der Waals surface area contributed by atoms with Crippen molar-refractivity contribution >= 4 is 82.4 Å². The molecule has 140 heavy (non-hydrogen) atoms. The number of carbonyl (C=O) groups is 11. The number of anilines is 3. The first-order valence-electron chi connectivity index (χ1n) is 49.6. The van der Waals surface area contributed by atoms with Crippen molar-refractivity contribution in [2.24, 2.45) is 45.8 Å². The molecule has 0 aromatic heterocycles. The van der Waals surface area contributed by atoms with Crippen LogP contribution in [0.4, 0.5) is 26.7 Å². The molecular weight excluding hydrogens is 1800 g/mol. The van der Waals surface area contributed by atoms with Crippen molar-refractivity contribution in [3.63, 3.8) is 0 Å². The van der Waals surface area contributed by atoms with Crippen LogP contribution in [0.25, 0.3) is 0 Å². The van der Waals surface area contributed by atoms with Crippen molar-refractivity contribution in [3.05, 3.63) is 165 Å². The molecule has 0 radical (unpaired) electrons. The predicted molar refractivity (Wildman–Crippen MR) is 523 cm³/mol. The lowest BCUT2D eigenvalue weighted by Crippen LogP contribution is -2.60. The number of urea groups is 1. The number of fused-ring (bicyclic) bond motifs is 8. The molecule has 14 atom stereocenters. The summed E-state index contributed by atoms with van der Waals surface area (Å²) in [5.74, 6) is 2.64. The average molecular weight is 1940 g/mol.